The smallest absolute Gasteiger partial charge is 0.229 e. The fraction of sp³-hybridized carbons (Fsp3) is 0.762. The van der Waals surface area contributed by atoms with E-state index in [4.69, 9.17) is 9.47 Å². The maximum Gasteiger partial charge on any atom is 0.229 e. The Kier molecular flexibility index (Phi) is 8.44. The molecule has 0 unspecified atom stereocenters. The lowest BCUT2D eigenvalue weighted by Gasteiger charge is -2.26. The molecular weight excluding hydrogens is 390 g/mol. The molecule has 0 aromatic carbocycles. The van der Waals surface area contributed by atoms with E-state index in [1.807, 2.05) is 19.2 Å². The minimum Gasteiger partial charge on any atom is -0.381 e. The van der Waals surface area contributed by atoms with E-state index in [0.29, 0.717) is 29.9 Å². The Labute approximate surface area is 176 Å². The van der Waals surface area contributed by atoms with Crippen LogP contribution in [0.25, 0.3) is 0 Å². The highest BCUT2D eigenvalue weighted by atomic mass is 32.1. The summed E-state index contributed by atoms with van der Waals surface area (Å²) in [6, 6.07) is 0. The molecule has 0 bridgehead atoms. The van der Waals surface area contributed by atoms with E-state index >= 15 is 0 Å². The first kappa shape index (κ1) is 22.2. The van der Waals surface area contributed by atoms with Crippen molar-refractivity contribution >= 4 is 28.3 Å². The molecule has 29 heavy (non-hydrogen) atoms. The van der Waals surface area contributed by atoms with Crippen LogP contribution < -0.4 is 10.6 Å². The number of hydrogen-bond acceptors (Lipinski definition) is 6. The van der Waals surface area contributed by atoms with Gasteiger partial charge in [0.05, 0.1) is 5.69 Å². The lowest BCUT2D eigenvalue weighted by Crippen LogP contribution is -2.36. The van der Waals surface area contributed by atoms with Gasteiger partial charge in [-0.1, -0.05) is 13.8 Å². The lowest BCUT2D eigenvalue weighted by molar-refractivity contribution is -0.127. The van der Waals surface area contributed by atoms with Crippen LogP contribution in [0.5, 0.6) is 0 Å². The van der Waals surface area contributed by atoms with Crippen LogP contribution in [0, 0.1) is 23.7 Å². The number of aromatic nitrogens is 1. The normalized spacial score (nSPS) is 20.8. The molecule has 0 saturated carbocycles. The third-order valence-electron chi connectivity index (χ3n) is 6.24. The van der Waals surface area contributed by atoms with Gasteiger partial charge in [0.15, 0.2) is 5.13 Å². The summed E-state index contributed by atoms with van der Waals surface area (Å²) >= 11 is 1.44. The monoisotopic (exact) mass is 423 g/mol. The van der Waals surface area contributed by atoms with Gasteiger partial charge in [0, 0.05) is 56.6 Å². The third-order valence-corrected chi connectivity index (χ3v) is 7.04. The molecule has 0 spiro atoms. The van der Waals surface area contributed by atoms with Crippen LogP contribution >= 0.6 is 11.3 Å². The highest BCUT2D eigenvalue weighted by molar-refractivity contribution is 7.13. The molecule has 2 saturated heterocycles. The second-order valence-electron chi connectivity index (χ2n) is 8.15. The number of hydrogen-bond donors (Lipinski definition) is 2. The van der Waals surface area contributed by atoms with E-state index in [1.54, 1.807) is 0 Å². The van der Waals surface area contributed by atoms with Crippen molar-refractivity contribution in [2.75, 3.05) is 38.3 Å². The summed E-state index contributed by atoms with van der Waals surface area (Å²) in [4.78, 5) is 29.4. The van der Waals surface area contributed by atoms with Gasteiger partial charge in [-0.05, 0) is 37.5 Å². The van der Waals surface area contributed by atoms with Crippen molar-refractivity contribution in [2.24, 2.45) is 23.7 Å². The number of carbonyl (C=O) groups excluding carboxylic acids is 2. The summed E-state index contributed by atoms with van der Waals surface area (Å²) in [6.07, 6.45) is 4.44. The maximum atomic E-state index is 12.5. The molecule has 0 aliphatic carbocycles. The first-order chi connectivity index (χ1) is 14.0. The number of anilines is 1. The van der Waals surface area contributed by atoms with Crippen LogP contribution in [0.3, 0.4) is 0 Å². The summed E-state index contributed by atoms with van der Waals surface area (Å²) in [5.41, 5.74) is 0.892. The first-order valence-electron chi connectivity index (χ1n) is 10.7. The highest BCUT2D eigenvalue weighted by Crippen LogP contribution is 2.26. The minimum absolute atomic E-state index is 0.0101. The van der Waals surface area contributed by atoms with Crippen LogP contribution in [-0.2, 0) is 25.5 Å². The molecule has 8 heteroatoms. The maximum absolute atomic E-state index is 12.5. The Balaban J connectivity index is 1.39. The van der Waals surface area contributed by atoms with Crippen molar-refractivity contribution in [1.82, 2.24) is 10.3 Å². The summed E-state index contributed by atoms with van der Waals surface area (Å²) < 4.78 is 10.8. The van der Waals surface area contributed by atoms with Crippen molar-refractivity contribution in [3.8, 4) is 0 Å². The Bertz CT molecular complexity index is 669. The van der Waals surface area contributed by atoms with Gasteiger partial charge in [-0.2, -0.15) is 0 Å². The van der Waals surface area contributed by atoms with Crippen LogP contribution in [-0.4, -0.2) is 49.8 Å². The molecule has 3 rings (SSSR count). The first-order valence-corrected chi connectivity index (χ1v) is 11.6. The Morgan fingerprint density at radius 3 is 2.17 bits per heavy atom. The van der Waals surface area contributed by atoms with E-state index in [0.717, 1.165) is 57.8 Å². The van der Waals surface area contributed by atoms with E-state index < -0.39 is 0 Å². The molecule has 2 amide bonds. The van der Waals surface area contributed by atoms with Crippen molar-refractivity contribution in [3.63, 3.8) is 0 Å². The van der Waals surface area contributed by atoms with Gasteiger partial charge >= 0.3 is 0 Å². The van der Waals surface area contributed by atoms with Crippen LogP contribution in [0.1, 0.15) is 45.2 Å². The second-order valence-corrected chi connectivity index (χ2v) is 9.01. The number of nitrogens with zero attached hydrogens (tertiary/aromatic N) is 1. The van der Waals surface area contributed by atoms with Gasteiger partial charge in [-0.25, -0.2) is 4.98 Å². The predicted octanol–water partition coefficient (Wildman–Crippen LogP) is 2.87. The zero-order valence-electron chi connectivity index (χ0n) is 17.4. The van der Waals surface area contributed by atoms with Crippen molar-refractivity contribution in [2.45, 2.75) is 46.0 Å². The zero-order valence-corrected chi connectivity index (χ0v) is 18.3. The Morgan fingerprint density at radius 1 is 1.03 bits per heavy atom. The summed E-state index contributed by atoms with van der Waals surface area (Å²) in [5.74, 6) is 0.870. The van der Waals surface area contributed by atoms with Crippen molar-refractivity contribution < 1.29 is 19.1 Å². The molecule has 2 N–H and O–H groups in total. The quantitative estimate of drug-likeness (QED) is 0.671. The fourth-order valence-corrected chi connectivity index (χ4v) is 4.78. The molecule has 7 nitrogen and oxygen atoms in total. The Morgan fingerprint density at radius 2 is 1.59 bits per heavy atom. The molecule has 3 heterocycles. The number of nitrogens with one attached hydrogen (secondary N) is 2. The van der Waals surface area contributed by atoms with Gasteiger partial charge in [-0.15, -0.1) is 11.3 Å². The van der Waals surface area contributed by atoms with Gasteiger partial charge in [0.2, 0.25) is 11.8 Å². The van der Waals surface area contributed by atoms with Crippen LogP contribution in [0.15, 0.2) is 5.38 Å². The van der Waals surface area contributed by atoms with Crippen molar-refractivity contribution in [1.29, 1.82) is 0 Å². The SMILES string of the molecule is C[C@H](C(=O)NCCc1csc(NC(=O)[C@@H](C)C2CCOCC2)n1)C1CCOCC1. The summed E-state index contributed by atoms with van der Waals surface area (Å²) in [6.45, 7) is 7.52. The lowest BCUT2D eigenvalue weighted by atomic mass is 9.87. The van der Waals surface area contributed by atoms with Gasteiger partial charge in [0.25, 0.3) is 0 Å². The van der Waals surface area contributed by atoms with Crippen LogP contribution in [0.2, 0.25) is 0 Å². The molecule has 0 radical (unpaired) electrons. The van der Waals surface area contributed by atoms with Crippen LogP contribution in [0.4, 0.5) is 5.13 Å². The molecule has 1 aromatic rings. The second kappa shape index (κ2) is 11.0. The summed E-state index contributed by atoms with van der Waals surface area (Å²) in [5, 5.41) is 8.55. The molecular formula is C21H33N3O4S. The summed E-state index contributed by atoms with van der Waals surface area (Å²) in [7, 11) is 0. The number of ether oxygens (including phenoxy) is 2. The molecule has 2 aliphatic heterocycles. The van der Waals surface area contributed by atoms with E-state index in [2.05, 4.69) is 15.6 Å². The number of amides is 2. The van der Waals surface area contributed by atoms with E-state index in [1.165, 1.54) is 11.3 Å². The van der Waals surface area contributed by atoms with E-state index in [9.17, 15) is 9.59 Å². The molecule has 1 aromatic heterocycles. The Hall–Kier alpha value is -1.51. The largest absolute Gasteiger partial charge is 0.381 e. The number of thiazole rings is 1. The fourth-order valence-electron chi connectivity index (χ4n) is 4.03. The molecule has 2 fully saturated rings. The molecule has 2 atom stereocenters. The predicted molar refractivity (Wildman–Crippen MR) is 113 cm³/mol. The topological polar surface area (TPSA) is 89.6 Å². The van der Waals surface area contributed by atoms with E-state index in [-0.39, 0.29) is 23.7 Å². The van der Waals surface area contributed by atoms with Gasteiger partial charge in [-0.3, -0.25) is 9.59 Å². The average molecular weight is 424 g/mol. The van der Waals surface area contributed by atoms with Gasteiger partial charge in [0.1, 0.15) is 0 Å². The minimum atomic E-state index is -0.0442. The van der Waals surface area contributed by atoms with Crippen molar-refractivity contribution in [3.05, 3.63) is 11.1 Å². The zero-order chi connectivity index (χ0) is 20.6. The third kappa shape index (κ3) is 6.49. The highest BCUT2D eigenvalue weighted by Gasteiger charge is 2.27. The molecule has 2 aliphatic rings. The molecule has 162 valence electrons. The van der Waals surface area contributed by atoms with Gasteiger partial charge < -0.3 is 20.1 Å². The average Bonchev–Trinajstić information content (AvgIpc) is 3.20. The number of rotatable bonds is 8. The standard InChI is InChI=1S/C21H33N3O4S/c1-14(16-4-9-27-10-5-16)19(25)22-8-3-18-13-29-21(23-18)24-20(26)15(2)17-6-11-28-12-7-17/h13-17H,3-12H2,1-2H3,(H,22,25)(H,23,24,26)/t14-,15-/m0/s1. The number of carbonyl (C=O) groups is 2.